The van der Waals surface area contributed by atoms with Crippen molar-refractivity contribution in [1.29, 1.82) is 0 Å². The van der Waals surface area contributed by atoms with Crippen LogP contribution in [0.5, 0.6) is 11.5 Å². The fourth-order valence-corrected chi connectivity index (χ4v) is 2.31. The molecule has 0 aliphatic rings. The van der Waals surface area contributed by atoms with Gasteiger partial charge in [-0.05, 0) is 24.3 Å². The zero-order chi connectivity index (χ0) is 16.7. The van der Waals surface area contributed by atoms with Crippen LogP contribution in [0, 0.1) is 0 Å². The van der Waals surface area contributed by atoms with E-state index in [0.29, 0.717) is 11.5 Å². The first-order chi connectivity index (χ1) is 11.0. The number of para-hydroxylation sites is 2. The first-order valence-corrected chi connectivity index (χ1v) is 8.24. The second-order valence-electron chi connectivity index (χ2n) is 4.50. The lowest BCUT2D eigenvalue weighted by atomic mass is 10.3. The molecule has 0 saturated carbocycles. The van der Waals surface area contributed by atoms with Crippen LogP contribution >= 0.6 is 10.6 Å². The maximum absolute atomic E-state index is 11.8. The second kappa shape index (κ2) is 7.77. The molecule has 0 amide bonds. The Morgan fingerprint density at radius 2 is 1.09 bits per heavy atom. The van der Waals surface area contributed by atoms with Gasteiger partial charge in [-0.15, -0.1) is 0 Å². The number of carbonyl (C=O) groups is 2. The molecular weight excluding hydrogens is 320 g/mol. The van der Waals surface area contributed by atoms with E-state index in [1.165, 1.54) is 0 Å². The number of ether oxygens (including phenoxy) is 2. The summed E-state index contributed by atoms with van der Waals surface area (Å²) < 4.78 is 29.8. The molecule has 0 atom stereocenters. The van der Waals surface area contributed by atoms with Gasteiger partial charge >= 0.3 is 0 Å². The van der Waals surface area contributed by atoms with E-state index in [1.54, 1.807) is 60.7 Å². The SMILES string of the molecule is O=C(COc1ccccc1)S(O)(O)C(=O)COc1ccccc1. The molecule has 2 aromatic rings. The third-order valence-corrected chi connectivity index (χ3v) is 4.34. The summed E-state index contributed by atoms with van der Waals surface area (Å²) in [5, 5.41) is -2.16. The normalized spacial score (nSPS) is 11.6. The van der Waals surface area contributed by atoms with Crippen molar-refractivity contribution in [3.63, 3.8) is 0 Å². The summed E-state index contributed by atoms with van der Waals surface area (Å²) in [6.45, 7) is -1.22. The van der Waals surface area contributed by atoms with E-state index < -0.39 is 34.0 Å². The van der Waals surface area contributed by atoms with Crippen LogP contribution in [0.1, 0.15) is 0 Å². The fraction of sp³-hybridized carbons (Fsp3) is 0.125. The quantitative estimate of drug-likeness (QED) is 0.842. The first kappa shape index (κ1) is 17.0. The second-order valence-corrected chi connectivity index (χ2v) is 6.50. The predicted molar refractivity (Wildman–Crippen MR) is 86.7 cm³/mol. The molecule has 6 nitrogen and oxygen atoms in total. The van der Waals surface area contributed by atoms with E-state index in [9.17, 15) is 18.7 Å². The van der Waals surface area contributed by atoms with Crippen LogP contribution in [0.15, 0.2) is 60.7 Å². The highest BCUT2D eigenvalue weighted by Gasteiger charge is 2.32. The van der Waals surface area contributed by atoms with Crippen LogP contribution < -0.4 is 9.47 Å². The van der Waals surface area contributed by atoms with Crippen LogP contribution in [0.4, 0.5) is 0 Å². The van der Waals surface area contributed by atoms with Gasteiger partial charge < -0.3 is 9.47 Å². The predicted octanol–water partition coefficient (Wildman–Crippen LogP) is 2.95. The molecule has 2 rings (SSSR count). The van der Waals surface area contributed by atoms with Crippen LogP contribution in [0.3, 0.4) is 0 Å². The van der Waals surface area contributed by atoms with Crippen molar-refractivity contribution >= 4 is 20.8 Å². The molecule has 0 heterocycles. The van der Waals surface area contributed by atoms with E-state index >= 15 is 0 Å². The van der Waals surface area contributed by atoms with Gasteiger partial charge in [-0.25, -0.2) is 0 Å². The van der Waals surface area contributed by atoms with Gasteiger partial charge in [0, 0.05) is 0 Å². The summed E-state index contributed by atoms with van der Waals surface area (Å²) in [6, 6.07) is 16.8. The van der Waals surface area contributed by atoms with E-state index in [0.717, 1.165) is 0 Å². The zero-order valence-electron chi connectivity index (χ0n) is 12.1. The van der Waals surface area contributed by atoms with Crippen molar-refractivity contribution in [3.8, 4) is 11.5 Å². The maximum Gasteiger partial charge on any atom is 0.284 e. The number of hydrogen-bond donors (Lipinski definition) is 2. The average molecular weight is 336 g/mol. The molecule has 23 heavy (non-hydrogen) atoms. The standard InChI is InChI=1S/C16H16O6S/c17-15(11-21-13-7-3-1-4-8-13)23(19,20)16(18)12-22-14-9-5-2-6-10-14/h1-10,19-20H,11-12H2. The molecule has 0 aromatic heterocycles. The topological polar surface area (TPSA) is 93.1 Å². The average Bonchev–Trinajstić information content (AvgIpc) is 2.59. The molecule has 2 N–H and O–H groups in total. The molecule has 0 unspecified atom stereocenters. The molecule has 0 aliphatic carbocycles. The van der Waals surface area contributed by atoms with Crippen LogP contribution in [0.25, 0.3) is 0 Å². The highest BCUT2D eigenvalue weighted by Crippen LogP contribution is 2.40. The van der Waals surface area contributed by atoms with E-state index in [2.05, 4.69) is 0 Å². The van der Waals surface area contributed by atoms with Crippen LogP contribution in [-0.4, -0.2) is 32.5 Å². The van der Waals surface area contributed by atoms with Crippen molar-refractivity contribution in [2.24, 2.45) is 0 Å². The van der Waals surface area contributed by atoms with E-state index in [4.69, 9.17) is 9.47 Å². The van der Waals surface area contributed by atoms with Gasteiger partial charge in [0.25, 0.3) is 10.2 Å². The number of carbonyl (C=O) groups excluding carboxylic acids is 2. The Morgan fingerprint density at radius 1 is 0.739 bits per heavy atom. The summed E-state index contributed by atoms with van der Waals surface area (Å²) in [7, 11) is -4.11. The maximum atomic E-state index is 11.8. The highest BCUT2D eigenvalue weighted by molar-refractivity contribution is 8.47. The lowest BCUT2D eigenvalue weighted by Crippen LogP contribution is -2.28. The van der Waals surface area contributed by atoms with Gasteiger partial charge in [-0.1, -0.05) is 47.0 Å². The Morgan fingerprint density at radius 3 is 1.43 bits per heavy atom. The highest BCUT2D eigenvalue weighted by atomic mass is 32.3. The largest absolute Gasteiger partial charge is 0.484 e. The van der Waals surface area contributed by atoms with Gasteiger partial charge in [0.1, 0.15) is 11.5 Å². The minimum atomic E-state index is -4.11. The van der Waals surface area contributed by atoms with Crippen molar-refractivity contribution in [3.05, 3.63) is 60.7 Å². The molecular formula is C16H16O6S. The van der Waals surface area contributed by atoms with Crippen molar-refractivity contribution < 1.29 is 28.2 Å². The van der Waals surface area contributed by atoms with Crippen molar-refractivity contribution in [1.82, 2.24) is 0 Å². The van der Waals surface area contributed by atoms with E-state index in [1.807, 2.05) is 0 Å². The zero-order valence-corrected chi connectivity index (χ0v) is 12.9. The fourth-order valence-electron chi connectivity index (χ4n) is 1.61. The number of rotatable bonds is 6. The first-order valence-electron chi connectivity index (χ1n) is 6.70. The van der Waals surface area contributed by atoms with Gasteiger partial charge in [-0.2, -0.15) is 0 Å². The molecule has 0 aliphatic heterocycles. The summed E-state index contributed by atoms with van der Waals surface area (Å²) >= 11 is 0. The minimum Gasteiger partial charge on any atom is -0.484 e. The van der Waals surface area contributed by atoms with Crippen LogP contribution in [-0.2, 0) is 9.59 Å². The lowest BCUT2D eigenvalue weighted by molar-refractivity contribution is -0.117. The summed E-state index contributed by atoms with van der Waals surface area (Å²) in [4.78, 5) is 23.7. The van der Waals surface area contributed by atoms with Crippen LogP contribution in [0.2, 0.25) is 0 Å². The van der Waals surface area contributed by atoms with Crippen molar-refractivity contribution in [2.75, 3.05) is 13.2 Å². The third-order valence-electron chi connectivity index (χ3n) is 2.83. The molecule has 0 bridgehead atoms. The Balaban J connectivity index is 1.88. The number of hydrogen-bond acceptors (Lipinski definition) is 6. The molecule has 0 spiro atoms. The lowest BCUT2D eigenvalue weighted by Gasteiger charge is -2.27. The monoisotopic (exact) mass is 336 g/mol. The third kappa shape index (κ3) is 4.82. The molecule has 122 valence electrons. The Hall–Kier alpha value is -2.35. The Kier molecular flexibility index (Phi) is 5.75. The molecule has 0 radical (unpaired) electrons. The van der Waals surface area contributed by atoms with Gasteiger partial charge in [0.05, 0.1) is 0 Å². The summed E-state index contributed by atoms with van der Waals surface area (Å²) in [5.74, 6) is 0.785. The number of benzene rings is 2. The summed E-state index contributed by atoms with van der Waals surface area (Å²) in [5.41, 5.74) is 0. The van der Waals surface area contributed by atoms with Gasteiger partial charge in [-0.3, -0.25) is 18.7 Å². The van der Waals surface area contributed by atoms with Gasteiger partial charge in [0.2, 0.25) is 0 Å². The van der Waals surface area contributed by atoms with Crippen molar-refractivity contribution in [2.45, 2.75) is 0 Å². The minimum absolute atomic E-state index is 0.393. The molecule has 0 fully saturated rings. The molecule has 0 saturated heterocycles. The van der Waals surface area contributed by atoms with Gasteiger partial charge in [0.15, 0.2) is 13.2 Å². The van der Waals surface area contributed by atoms with E-state index in [-0.39, 0.29) is 0 Å². The smallest absolute Gasteiger partial charge is 0.284 e. The Labute approximate surface area is 135 Å². The Bertz CT molecular complexity index is 599. The molecule has 2 aromatic carbocycles. The molecule has 7 heteroatoms. The summed E-state index contributed by atoms with van der Waals surface area (Å²) in [6.07, 6.45) is 0.